The summed E-state index contributed by atoms with van der Waals surface area (Å²) in [5.41, 5.74) is 6.66. The Balaban J connectivity index is 1.60. The van der Waals surface area contributed by atoms with Crippen LogP contribution in [-0.4, -0.2) is 29.1 Å². The Labute approximate surface area is 142 Å². The van der Waals surface area contributed by atoms with Crippen LogP contribution in [0.25, 0.3) is 6.08 Å². The van der Waals surface area contributed by atoms with Gasteiger partial charge in [-0.15, -0.1) is 0 Å². The van der Waals surface area contributed by atoms with Gasteiger partial charge in [0.2, 0.25) is 0 Å². The molecule has 0 aromatic heterocycles. The van der Waals surface area contributed by atoms with Crippen molar-refractivity contribution in [3.8, 4) is 0 Å². The minimum Gasteiger partial charge on any atom is -0.298 e. The molecule has 0 spiro atoms. The van der Waals surface area contributed by atoms with Crippen molar-refractivity contribution in [2.45, 2.75) is 19.4 Å². The van der Waals surface area contributed by atoms with E-state index in [9.17, 15) is 4.79 Å². The zero-order valence-electron chi connectivity index (χ0n) is 13.6. The Morgan fingerprint density at radius 1 is 1.17 bits per heavy atom. The molecule has 2 N–H and O–H groups in total. The number of fused-ring (bicyclic) bond motifs is 1. The summed E-state index contributed by atoms with van der Waals surface area (Å²) >= 11 is 0. The molecule has 1 heterocycles. The van der Waals surface area contributed by atoms with Crippen LogP contribution in [0.2, 0.25) is 0 Å². The van der Waals surface area contributed by atoms with Crippen LogP contribution < -0.4 is 5.48 Å². The van der Waals surface area contributed by atoms with Crippen LogP contribution in [0, 0.1) is 0 Å². The van der Waals surface area contributed by atoms with Crippen molar-refractivity contribution in [2.24, 2.45) is 0 Å². The summed E-state index contributed by atoms with van der Waals surface area (Å²) in [6, 6.07) is 16.9. The number of amides is 1. The van der Waals surface area contributed by atoms with Crippen LogP contribution in [0.4, 0.5) is 0 Å². The van der Waals surface area contributed by atoms with E-state index in [1.165, 1.54) is 22.8 Å². The Kier molecular flexibility index (Phi) is 5.41. The Morgan fingerprint density at radius 2 is 2.00 bits per heavy atom. The lowest BCUT2D eigenvalue weighted by Gasteiger charge is -2.29. The molecular weight excluding hydrogens is 300 g/mol. The molecule has 4 heteroatoms. The molecule has 2 aromatic rings. The van der Waals surface area contributed by atoms with Crippen molar-refractivity contribution in [1.82, 2.24) is 10.4 Å². The molecule has 24 heavy (non-hydrogen) atoms. The second-order valence-corrected chi connectivity index (χ2v) is 6.10. The normalized spacial score (nSPS) is 14.5. The van der Waals surface area contributed by atoms with Gasteiger partial charge >= 0.3 is 0 Å². The zero-order valence-corrected chi connectivity index (χ0v) is 13.6. The average Bonchev–Trinajstić information content (AvgIpc) is 2.65. The molecular formula is C20H22N2O2. The maximum absolute atomic E-state index is 11.1. The highest BCUT2D eigenvalue weighted by atomic mass is 16.5. The zero-order chi connectivity index (χ0) is 16.8. The highest BCUT2D eigenvalue weighted by Crippen LogP contribution is 2.21. The number of carbonyl (C=O) groups is 1. The number of hydroxylamine groups is 1. The number of nitrogens with zero attached hydrogens (tertiary/aromatic N) is 1. The molecule has 4 nitrogen and oxygen atoms in total. The first-order chi connectivity index (χ1) is 11.7. The van der Waals surface area contributed by atoms with Gasteiger partial charge in [0.1, 0.15) is 0 Å². The quantitative estimate of drug-likeness (QED) is 0.506. The summed E-state index contributed by atoms with van der Waals surface area (Å²) in [5, 5.41) is 8.51. The minimum absolute atomic E-state index is 0.514. The monoisotopic (exact) mass is 322 g/mol. The van der Waals surface area contributed by atoms with E-state index < -0.39 is 5.91 Å². The summed E-state index contributed by atoms with van der Waals surface area (Å²) in [7, 11) is 0. The fraction of sp³-hybridized carbons (Fsp3) is 0.250. The maximum Gasteiger partial charge on any atom is 0.267 e. The number of rotatable bonds is 5. The molecule has 2 aromatic carbocycles. The number of hydrogen-bond donors (Lipinski definition) is 2. The van der Waals surface area contributed by atoms with Gasteiger partial charge < -0.3 is 0 Å². The van der Waals surface area contributed by atoms with Gasteiger partial charge in [-0.25, -0.2) is 5.48 Å². The molecule has 0 saturated heterocycles. The lowest BCUT2D eigenvalue weighted by Crippen LogP contribution is -2.32. The van der Waals surface area contributed by atoms with Gasteiger partial charge in [0.15, 0.2) is 0 Å². The lowest BCUT2D eigenvalue weighted by atomic mass is 9.96. The molecule has 0 aliphatic carbocycles. The van der Waals surface area contributed by atoms with Crippen molar-refractivity contribution in [3.63, 3.8) is 0 Å². The number of hydrogen-bond acceptors (Lipinski definition) is 3. The van der Waals surface area contributed by atoms with Crippen LogP contribution in [-0.2, 0) is 24.2 Å². The molecule has 0 fully saturated rings. The number of benzene rings is 2. The van der Waals surface area contributed by atoms with E-state index in [1.807, 2.05) is 6.07 Å². The molecule has 0 atom stereocenters. The van der Waals surface area contributed by atoms with Gasteiger partial charge in [-0.2, -0.15) is 0 Å². The van der Waals surface area contributed by atoms with Gasteiger partial charge in [-0.3, -0.25) is 14.9 Å². The van der Waals surface area contributed by atoms with E-state index in [0.29, 0.717) is 0 Å². The van der Waals surface area contributed by atoms with Crippen LogP contribution >= 0.6 is 0 Å². The highest BCUT2D eigenvalue weighted by Gasteiger charge is 2.16. The summed E-state index contributed by atoms with van der Waals surface area (Å²) in [4.78, 5) is 13.5. The molecule has 0 saturated carbocycles. The van der Waals surface area contributed by atoms with Gasteiger partial charge in [-0.05, 0) is 41.2 Å². The fourth-order valence-electron chi connectivity index (χ4n) is 3.07. The molecule has 0 bridgehead atoms. The van der Waals surface area contributed by atoms with E-state index in [2.05, 4.69) is 47.4 Å². The van der Waals surface area contributed by atoms with Gasteiger partial charge in [0.25, 0.3) is 5.91 Å². The summed E-state index contributed by atoms with van der Waals surface area (Å²) in [5.74, 6) is -0.514. The second-order valence-electron chi connectivity index (χ2n) is 6.10. The van der Waals surface area contributed by atoms with Crippen molar-refractivity contribution in [3.05, 3.63) is 76.9 Å². The maximum atomic E-state index is 11.1. The number of nitrogens with one attached hydrogen (secondary N) is 1. The SMILES string of the molecule is O=C(/C=C/c1ccc2c(c1)CCN(CCc1ccccc1)C2)NO. The Morgan fingerprint density at radius 3 is 2.79 bits per heavy atom. The third-order valence-electron chi connectivity index (χ3n) is 4.42. The topological polar surface area (TPSA) is 52.6 Å². The predicted molar refractivity (Wildman–Crippen MR) is 94.5 cm³/mol. The molecule has 0 radical (unpaired) electrons. The summed E-state index contributed by atoms with van der Waals surface area (Å²) in [6.07, 6.45) is 5.15. The van der Waals surface area contributed by atoms with Crippen molar-refractivity contribution in [1.29, 1.82) is 0 Å². The molecule has 1 aliphatic heterocycles. The van der Waals surface area contributed by atoms with E-state index in [4.69, 9.17) is 5.21 Å². The van der Waals surface area contributed by atoms with Crippen molar-refractivity contribution in [2.75, 3.05) is 13.1 Å². The first kappa shape index (κ1) is 16.4. The molecule has 124 valence electrons. The lowest BCUT2D eigenvalue weighted by molar-refractivity contribution is -0.124. The first-order valence-corrected chi connectivity index (χ1v) is 8.25. The third-order valence-corrected chi connectivity index (χ3v) is 4.42. The Hall–Kier alpha value is -2.43. The summed E-state index contributed by atoms with van der Waals surface area (Å²) < 4.78 is 0. The van der Waals surface area contributed by atoms with Crippen LogP contribution in [0.3, 0.4) is 0 Å². The van der Waals surface area contributed by atoms with Crippen LogP contribution in [0.15, 0.2) is 54.6 Å². The van der Waals surface area contributed by atoms with Gasteiger partial charge in [0.05, 0.1) is 0 Å². The third kappa shape index (κ3) is 4.31. The number of carbonyl (C=O) groups excluding carboxylic acids is 1. The van der Waals surface area contributed by atoms with E-state index in [-0.39, 0.29) is 0 Å². The van der Waals surface area contributed by atoms with Crippen LogP contribution in [0.5, 0.6) is 0 Å². The smallest absolute Gasteiger partial charge is 0.267 e. The largest absolute Gasteiger partial charge is 0.298 e. The van der Waals surface area contributed by atoms with Crippen molar-refractivity contribution < 1.29 is 10.0 Å². The van der Waals surface area contributed by atoms with Crippen LogP contribution in [0.1, 0.15) is 22.3 Å². The first-order valence-electron chi connectivity index (χ1n) is 8.25. The molecule has 3 rings (SSSR count). The van der Waals surface area contributed by atoms with E-state index in [1.54, 1.807) is 11.6 Å². The Bertz CT molecular complexity index is 726. The fourth-order valence-corrected chi connectivity index (χ4v) is 3.07. The molecule has 0 unspecified atom stereocenters. The predicted octanol–water partition coefficient (Wildman–Crippen LogP) is 2.81. The summed E-state index contributed by atoms with van der Waals surface area (Å²) in [6.45, 7) is 3.11. The molecule has 1 aliphatic rings. The second kappa shape index (κ2) is 7.90. The van der Waals surface area contributed by atoms with Crippen molar-refractivity contribution >= 4 is 12.0 Å². The standard InChI is InChI=1S/C20H22N2O2/c23-20(21-24)9-7-17-6-8-19-15-22(13-11-18(19)14-17)12-10-16-4-2-1-3-5-16/h1-9,14,24H,10-13,15H2,(H,21,23)/b9-7+. The van der Waals surface area contributed by atoms with E-state index >= 15 is 0 Å². The van der Waals surface area contributed by atoms with Gasteiger partial charge in [0, 0.05) is 25.7 Å². The minimum atomic E-state index is -0.514. The highest BCUT2D eigenvalue weighted by molar-refractivity contribution is 5.90. The molecule has 1 amide bonds. The average molecular weight is 322 g/mol. The van der Waals surface area contributed by atoms with E-state index in [0.717, 1.165) is 38.0 Å². The van der Waals surface area contributed by atoms with Gasteiger partial charge in [-0.1, -0.05) is 48.5 Å².